The van der Waals surface area contributed by atoms with Gasteiger partial charge in [-0.15, -0.1) is 0 Å². The maximum absolute atomic E-state index is 12.3. The van der Waals surface area contributed by atoms with Crippen molar-refractivity contribution in [3.8, 4) is 0 Å². The molecular formula is C17H15Cl2N3O5. The van der Waals surface area contributed by atoms with Gasteiger partial charge in [0.05, 0.1) is 26.9 Å². The fourth-order valence-corrected chi connectivity index (χ4v) is 2.52. The molecule has 2 rings (SSSR count). The molecule has 0 fully saturated rings. The number of rotatable bonds is 6. The molecule has 2 aromatic rings. The Morgan fingerprint density at radius 3 is 2.52 bits per heavy atom. The maximum atomic E-state index is 12.3. The molecule has 0 spiro atoms. The number of nitrogens with one attached hydrogen (secondary N) is 1. The van der Waals surface area contributed by atoms with Gasteiger partial charge in [0.25, 0.3) is 11.6 Å². The van der Waals surface area contributed by atoms with Crippen molar-refractivity contribution in [2.45, 2.75) is 0 Å². The van der Waals surface area contributed by atoms with Gasteiger partial charge in [0, 0.05) is 31.3 Å². The van der Waals surface area contributed by atoms with E-state index in [1.54, 1.807) is 25.1 Å². The number of nitro benzene ring substituents is 1. The molecule has 0 unspecified atom stereocenters. The van der Waals surface area contributed by atoms with Crippen LogP contribution < -0.4 is 10.2 Å². The molecule has 10 heteroatoms. The SMILES string of the molecule is CN(C)c1ccc([N+](=O)[O-])cc1C(=O)OCC(=O)Nc1cc(Cl)ccc1Cl. The van der Waals surface area contributed by atoms with Crippen LogP contribution in [0.5, 0.6) is 0 Å². The van der Waals surface area contributed by atoms with Crippen LogP contribution in [0.25, 0.3) is 0 Å². The number of anilines is 2. The Labute approximate surface area is 164 Å². The number of esters is 1. The van der Waals surface area contributed by atoms with Crippen molar-refractivity contribution in [1.82, 2.24) is 0 Å². The second kappa shape index (κ2) is 8.70. The third-order valence-corrected chi connectivity index (χ3v) is 3.99. The van der Waals surface area contributed by atoms with Gasteiger partial charge in [-0.3, -0.25) is 14.9 Å². The van der Waals surface area contributed by atoms with E-state index >= 15 is 0 Å². The summed E-state index contributed by atoms with van der Waals surface area (Å²) in [5, 5.41) is 14.1. The first kappa shape index (κ1) is 20.5. The molecule has 0 aromatic heterocycles. The Morgan fingerprint density at radius 1 is 1.19 bits per heavy atom. The number of amides is 1. The zero-order chi connectivity index (χ0) is 20.1. The van der Waals surface area contributed by atoms with Crippen LogP contribution in [0.4, 0.5) is 17.1 Å². The number of carbonyl (C=O) groups excluding carboxylic acids is 2. The summed E-state index contributed by atoms with van der Waals surface area (Å²) in [7, 11) is 3.34. The van der Waals surface area contributed by atoms with Gasteiger partial charge in [-0.05, 0) is 24.3 Å². The highest BCUT2D eigenvalue weighted by atomic mass is 35.5. The molecule has 0 bridgehead atoms. The van der Waals surface area contributed by atoms with Crippen molar-refractivity contribution in [2.75, 3.05) is 30.9 Å². The zero-order valence-electron chi connectivity index (χ0n) is 14.4. The van der Waals surface area contributed by atoms with Crippen molar-refractivity contribution in [3.63, 3.8) is 0 Å². The quantitative estimate of drug-likeness (QED) is 0.440. The molecular weight excluding hydrogens is 397 g/mol. The van der Waals surface area contributed by atoms with Gasteiger partial charge in [-0.1, -0.05) is 23.2 Å². The molecule has 27 heavy (non-hydrogen) atoms. The molecule has 0 aliphatic rings. The number of non-ortho nitro benzene ring substituents is 1. The molecule has 0 aliphatic carbocycles. The molecule has 2 aromatic carbocycles. The van der Waals surface area contributed by atoms with Crippen LogP contribution in [-0.4, -0.2) is 37.5 Å². The van der Waals surface area contributed by atoms with Gasteiger partial charge in [0.1, 0.15) is 0 Å². The largest absolute Gasteiger partial charge is 0.452 e. The predicted octanol–water partition coefficient (Wildman–Crippen LogP) is 3.76. The van der Waals surface area contributed by atoms with Crippen LogP contribution in [0, 0.1) is 10.1 Å². The van der Waals surface area contributed by atoms with E-state index in [0.717, 1.165) is 6.07 Å². The summed E-state index contributed by atoms with van der Waals surface area (Å²) >= 11 is 11.8. The van der Waals surface area contributed by atoms with Gasteiger partial charge < -0.3 is 15.0 Å². The minimum atomic E-state index is -0.866. The van der Waals surface area contributed by atoms with Crippen LogP contribution in [0.15, 0.2) is 36.4 Å². The summed E-state index contributed by atoms with van der Waals surface area (Å²) in [4.78, 5) is 36.2. The summed E-state index contributed by atoms with van der Waals surface area (Å²) in [5.74, 6) is -1.50. The van der Waals surface area contributed by atoms with Crippen molar-refractivity contribution < 1.29 is 19.2 Å². The second-order valence-electron chi connectivity index (χ2n) is 5.60. The summed E-state index contributed by atoms with van der Waals surface area (Å²) in [5.41, 5.74) is 0.406. The number of benzene rings is 2. The first-order chi connectivity index (χ1) is 12.7. The van der Waals surface area contributed by atoms with E-state index in [9.17, 15) is 19.7 Å². The van der Waals surface area contributed by atoms with E-state index in [4.69, 9.17) is 27.9 Å². The Morgan fingerprint density at radius 2 is 1.89 bits per heavy atom. The van der Waals surface area contributed by atoms with Crippen molar-refractivity contribution in [1.29, 1.82) is 0 Å². The average molecular weight is 412 g/mol. The lowest BCUT2D eigenvalue weighted by molar-refractivity contribution is -0.384. The van der Waals surface area contributed by atoms with Crippen LogP contribution in [-0.2, 0) is 9.53 Å². The zero-order valence-corrected chi connectivity index (χ0v) is 15.9. The fraction of sp³-hybridized carbons (Fsp3) is 0.176. The number of halogens is 2. The fourth-order valence-electron chi connectivity index (χ4n) is 2.18. The number of ether oxygens (including phenoxy) is 1. The minimum Gasteiger partial charge on any atom is -0.452 e. The maximum Gasteiger partial charge on any atom is 0.341 e. The molecule has 8 nitrogen and oxygen atoms in total. The Bertz CT molecular complexity index is 902. The molecule has 0 atom stereocenters. The Balaban J connectivity index is 2.10. The Kier molecular flexibility index (Phi) is 6.59. The molecule has 1 N–H and O–H groups in total. The van der Waals surface area contributed by atoms with Gasteiger partial charge in [-0.2, -0.15) is 0 Å². The van der Waals surface area contributed by atoms with E-state index in [2.05, 4.69) is 5.32 Å². The van der Waals surface area contributed by atoms with Gasteiger partial charge in [0.2, 0.25) is 0 Å². The lowest BCUT2D eigenvalue weighted by atomic mass is 10.1. The first-order valence-electron chi connectivity index (χ1n) is 7.57. The monoisotopic (exact) mass is 411 g/mol. The normalized spacial score (nSPS) is 10.2. The predicted molar refractivity (Wildman–Crippen MR) is 103 cm³/mol. The highest BCUT2D eigenvalue weighted by Gasteiger charge is 2.20. The molecule has 1 amide bonds. The second-order valence-corrected chi connectivity index (χ2v) is 6.45. The summed E-state index contributed by atoms with van der Waals surface area (Å²) in [6, 6.07) is 8.33. The van der Waals surface area contributed by atoms with E-state index < -0.39 is 23.4 Å². The third-order valence-electron chi connectivity index (χ3n) is 3.43. The van der Waals surface area contributed by atoms with Gasteiger partial charge in [0.15, 0.2) is 6.61 Å². The van der Waals surface area contributed by atoms with E-state index in [1.807, 2.05) is 0 Å². The molecule has 142 valence electrons. The number of hydrogen-bond acceptors (Lipinski definition) is 6. The number of nitro groups is 1. The Hall–Kier alpha value is -2.84. The molecule has 0 saturated heterocycles. The van der Waals surface area contributed by atoms with Crippen molar-refractivity contribution >= 4 is 52.1 Å². The molecule has 0 saturated carbocycles. The third kappa shape index (κ3) is 5.32. The summed E-state index contributed by atoms with van der Waals surface area (Å²) in [6.45, 7) is -0.600. The topological polar surface area (TPSA) is 102 Å². The molecule has 0 heterocycles. The van der Waals surface area contributed by atoms with Crippen LogP contribution in [0.3, 0.4) is 0 Å². The van der Waals surface area contributed by atoms with E-state index in [-0.39, 0.29) is 22.0 Å². The van der Waals surface area contributed by atoms with E-state index in [1.165, 1.54) is 24.3 Å². The van der Waals surface area contributed by atoms with Crippen molar-refractivity contribution in [2.24, 2.45) is 0 Å². The first-order valence-corrected chi connectivity index (χ1v) is 8.32. The van der Waals surface area contributed by atoms with Gasteiger partial charge >= 0.3 is 5.97 Å². The highest BCUT2D eigenvalue weighted by molar-refractivity contribution is 6.35. The summed E-state index contributed by atoms with van der Waals surface area (Å²) < 4.78 is 4.98. The van der Waals surface area contributed by atoms with E-state index in [0.29, 0.717) is 10.7 Å². The van der Waals surface area contributed by atoms with Crippen LogP contribution >= 0.6 is 23.2 Å². The average Bonchev–Trinajstić information content (AvgIpc) is 2.62. The van der Waals surface area contributed by atoms with Crippen LogP contribution in [0.2, 0.25) is 10.0 Å². The smallest absolute Gasteiger partial charge is 0.341 e. The highest BCUT2D eigenvalue weighted by Crippen LogP contribution is 2.26. The lowest BCUT2D eigenvalue weighted by Gasteiger charge is -2.16. The molecule has 0 radical (unpaired) electrons. The number of carbonyl (C=O) groups is 2. The van der Waals surface area contributed by atoms with Gasteiger partial charge in [-0.25, -0.2) is 4.79 Å². The number of hydrogen-bond donors (Lipinski definition) is 1. The van der Waals surface area contributed by atoms with Crippen molar-refractivity contribution in [3.05, 3.63) is 62.1 Å². The number of nitrogens with zero attached hydrogens (tertiary/aromatic N) is 2. The standard InChI is InChI=1S/C17H15Cl2N3O5/c1-21(2)15-6-4-11(22(25)26)8-12(15)17(24)27-9-16(23)20-14-7-10(18)3-5-13(14)19/h3-8H,9H2,1-2H3,(H,20,23). The van der Waals surface area contributed by atoms with Crippen LogP contribution in [0.1, 0.15) is 10.4 Å². The summed E-state index contributed by atoms with van der Waals surface area (Å²) in [6.07, 6.45) is 0. The minimum absolute atomic E-state index is 0.0252. The molecule has 0 aliphatic heterocycles. The lowest BCUT2D eigenvalue weighted by Crippen LogP contribution is -2.22.